The van der Waals surface area contributed by atoms with Crippen molar-refractivity contribution in [2.24, 2.45) is 5.92 Å². The number of aliphatic carboxylic acids is 1. The molecule has 1 rings (SSSR count). The number of hydrogen-bond donors (Lipinski definition) is 3. The third kappa shape index (κ3) is 4.40. The van der Waals surface area contributed by atoms with Gasteiger partial charge in [0, 0.05) is 12.7 Å². The predicted molar refractivity (Wildman–Crippen MR) is 67.4 cm³/mol. The molecule has 2 amide bonds. The molecule has 0 aliphatic heterocycles. The first-order valence-corrected chi connectivity index (χ1v) is 5.70. The van der Waals surface area contributed by atoms with Gasteiger partial charge in [0.25, 0.3) is 0 Å². The first-order chi connectivity index (χ1) is 8.50. The van der Waals surface area contributed by atoms with Gasteiger partial charge in [-0.15, -0.1) is 0 Å². The van der Waals surface area contributed by atoms with E-state index in [0.717, 1.165) is 5.69 Å². The molecule has 1 atom stereocenters. The zero-order chi connectivity index (χ0) is 13.5. The number of carboxylic acids is 1. The Kier molecular flexibility index (Phi) is 5.10. The number of carbonyl (C=O) groups excluding carboxylic acids is 1. The molecule has 3 N–H and O–H groups in total. The molecule has 0 saturated heterocycles. The summed E-state index contributed by atoms with van der Waals surface area (Å²) in [5, 5.41) is 13.9. The Labute approximate surface area is 105 Å². The fourth-order valence-electron chi connectivity index (χ4n) is 1.31. The topological polar surface area (TPSA) is 91.3 Å². The summed E-state index contributed by atoms with van der Waals surface area (Å²) >= 11 is 0. The number of amides is 2. The molecule has 0 spiro atoms. The maximum Gasteiger partial charge on any atom is 0.319 e. The maximum atomic E-state index is 11.5. The van der Waals surface area contributed by atoms with Crippen molar-refractivity contribution in [1.82, 2.24) is 10.3 Å². The minimum absolute atomic E-state index is 0.318. The summed E-state index contributed by atoms with van der Waals surface area (Å²) in [6.45, 7) is 3.72. The van der Waals surface area contributed by atoms with Gasteiger partial charge in [0.05, 0.1) is 17.3 Å². The Balaban J connectivity index is 2.35. The molecule has 0 aliphatic carbocycles. The molecular formula is C12H17N3O3. The zero-order valence-electron chi connectivity index (χ0n) is 10.4. The smallest absolute Gasteiger partial charge is 0.319 e. The number of pyridine rings is 1. The molecule has 0 radical (unpaired) electrons. The molecule has 6 heteroatoms. The Morgan fingerprint density at radius 2 is 2.22 bits per heavy atom. The summed E-state index contributed by atoms with van der Waals surface area (Å²) in [6, 6.07) is 3.13. The third-order valence-electron chi connectivity index (χ3n) is 2.54. The van der Waals surface area contributed by atoms with Crippen molar-refractivity contribution in [2.45, 2.75) is 20.3 Å². The number of anilines is 1. The number of rotatable bonds is 5. The van der Waals surface area contributed by atoms with E-state index < -0.39 is 11.9 Å². The number of carbonyl (C=O) groups is 2. The lowest BCUT2D eigenvalue weighted by Crippen LogP contribution is -2.31. The van der Waals surface area contributed by atoms with E-state index in [4.69, 9.17) is 5.11 Å². The van der Waals surface area contributed by atoms with Crippen LogP contribution < -0.4 is 10.6 Å². The van der Waals surface area contributed by atoms with Crippen LogP contribution in [0, 0.1) is 12.8 Å². The molecule has 18 heavy (non-hydrogen) atoms. The minimum atomic E-state index is -0.861. The lowest BCUT2D eigenvalue weighted by atomic mass is 10.1. The molecule has 0 aliphatic rings. The first kappa shape index (κ1) is 14.0. The Morgan fingerprint density at radius 1 is 1.50 bits per heavy atom. The van der Waals surface area contributed by atoms with Crippen LogP contribution in [0.3, 0.4) is 0 Å². The predicted octanol–water partition coefficient (Wildman–Crippen LogP) is 1.62. The lowest BCUT2D eigenvalue weighted by Gasteiger charge is -2.10. The number of aromatic nitrogens is 1. The second kappa shape index (κ2) is 6.58. The quantitative estimate of drug-likeness (QED) is 0.741. The van der Waals surface area contributed by atoms with Gasteiger partial charge >= 0.3 is 12.0 Å². The molecule has 98 valence electrons. The molecule has 1 heterocycles. The normalized spacial score (nSPS) is 11.7. The van der Waals surface area contributed by atoms with Gasteiger partial charge in [-0.05, 0) is 25.5 Å². The highest BCUT2D eigenvalue weighted by molar-refractivity contribution is 5.89. The van der Waals surface area contributed by atoms with Gasteiger partial charge in [0.15, 0.2) is 0 Å². The highest BCUT2D eigenvalue weighted by Gasteiger charge is 2.11. The summed E-state index contributed by atoms with van der Waals surface area (Å²) in [7, 11) is 0. The van der Waals surface area contributed by atoms with Crippen molar-refractivity contribution in [1.29, 1.82) is 0 Å². The molecule has 1 aromatic heterocycles. The summed E-state index contributed by atoms with van der Waals surface area (Å²) in [6.07, 6.45) is 2.04. The second-order valence-corrected chi connectivity index (χ2v) is 4.05. The van der Waals surface area contributed by atoms with E-state index in [0.29, 0.717) is 18.7 Å². The van der Waals surface area contributed by atoms with Gasteiger partial charge in [-0.1, -0.05) is 6.92 Å². The fraction of sp³-hybridized carbons (Fsp3) is 0.417. The summed E-state index contributed by atoms with van der Waals surface area (Å²) in [4.78, 5) is 26.1. The van der Waals surface area contributed by atoms with E-state index >= 15 is 0 Å². The van der Waals surface area contributed by atoms with Gasteiger partial charge in [-0.25, -0.2) is 4.79 Å². The second-order valence-electron chi connectivity index (χ2n) is 4.05. The maximum absolute atomic E-state index is 11.5. The van der Waals surface area contributed by atoms with Crippen molar-refractivity contribution >= 4 is 17.7 Å². The van der Waals surface area contributed by atoms with Gasteiger partial charge in [0.2, 0.25) is 0 Å². The lowest BCUT2D eigenvalue weighted by molar-refractivity contribution is -0.141. The average molecular weight is 251 g/mol. The molecule has 1 aromatic rings. The van der Waals surface area contributed by atoms with Crippen LogP contribution in [0.2, 0.25) is 0 Å². The van der Waals surface area contributed by atoms with Crippen molar-refractivity contribution in [3.8, 4) is 0 Å². The van der Waals surface area contributed by atoms with E-state index in [1.807, 2.05) is 0 Å². The molecule has 0 saturated carbocycles. The molecule has 0 aromatic carbocycles. The summed E-state index contributed by atoms with van der Waals surface area (Å²) in [5.41, 5.74) is 1.37. The van der Waals surface area contributed by atoms with Crippen LogP contribution in [0.5, 0.6) is 0 Å². The van der Waals surface area contributed by atoms with Crippen molar-refractivity contribution in [2.75, 3.05) is 11.9 Å². The van der Waals surface area contributed by atoms with Crippen LogP contribution in [0.1, 0.15) is 19.0 Å². The van der Waals surface area contributed by atoms with E-state index in [9.17, 15) is 9.59 Å². The largest absolute Gasteiger partial charge is 0.481 e. The van der Waals surface area contributed by atoms with Crippen molar-refractivity contribution < 1.29 is 14.7 Å². The SMILES string of the molecule is Cc1ncccc1NC(=O)NCCC(C)C(=O)O. The molecule has 0 fully saturated rings. The van der Waals surface area contributed by atoms with Crippen LogP contribution in [0.15, 0.2) is 18.3 Å². The van der Waals surface area contributed by atoms with E-state index in [2.05, 4.69) is 15.6 Å². The fourth-order valence-corrected chi connectivity index (χ4v) is 1.31. The van der Waals surface area contributed by atoms with Crippen molar-refractivity contribution in [3.63, 3.8) is 0 Å². The van der Waals surface area contributed by atoms with Crippen LogP contribution >= 0.6 is 0 Å². The average Bonchev–Trinajstić information content (AvgIpc) is 2.32. The molecule has 0 bridgehead atoms. The van der Waals surface area contributed by atoms with E-state index in [1.54, 1.807) is 32.2 Å². The van der Waals surface area contributed by atoms with Gasteiger partial charge < -0.3 is 15.7 Å². The number of hydrogen-bond acceptors (Lipinski definition) is 3. The molecular weight excluding hydrogens is 234 g/mol. The van der Waals surface area contributed by atoms with Crippen molar-refractivity contribution in [3.05, 3.63) is 24.0 Å². The number of aryl methyl sites for hydroxylation is 1. The standard InChI is InChI=1S/C12H17N3O3/c1-8(11(16)17)5-7-14-12(18)15-10-4-3-6-13-9(10)2/h3-4,6,8H,5,7H2,1-2H3,(H,16,17)(H2,14,15,18). The van der Waals surface area contributed by atoms with E-state index in [-0.39, 0.29) is 6.03 Å². The van der Waals surface area contributed by atoms with Crippen LogP contribution in [0.25, 0.3) is 0 Å². The van der Waals surface area contributed by atoms with Crippen LogP contribution in [-0.2, 0) is 4.79 Å². The highest BCUT2D eigenvalue weighted by Crippen LogP contribution is 2.09. The number of nitrogens with one attached hydrogen (secondary N) is 2. The van der Waals surface area contributed by atoms with Gasteiger partial charge in [0.1, 0.15) is 0 Å². The van der Waals surface area contributed by atoms with E-state index in [1.165, 1.54) is 0 Å². The number of nitrogens with zero attached hydrogens (tertiary/aromatic N) is 1. The van der Waals surface area contributed by atoms with Crippen LogP contribution in [-0.4, -0.2) is 28.6 Å². The Bertz CT molecular complexity index is 434. The Hall–Kier alpha value is -2.11. The van der Waals surface area contributed by atoms with Gasteiger partial charge in [-0.2, -0.15) is 0 Å². The third-order valence-corrected chi connectivity index (χ3v) is 2.54. The monoisotopic (exact) mass is 251 g/mol. The number of carboxylic acid groups (broad SMARTS) is 1. The molecule has 1 unspecified atom stereocenters. The zero-order valence-corrected chi connectivity index (χ0v) is 10.4. The summed E-state index contributed by atoms with van der Waals surface area (Å²) in [5.74, 6) is -1.33. The minimum Gasteiger partial charge on any atom is -0.481 e. The van der Waals surface area contributed by atoms with Crippen LogP contribution in [0.4, 0.5) is 10.5 Å². The highest BCUT2D eigenvalue weighted by atomic mass is 16.4. The summed E-state index contributed by atoms with van der Waals surface area (Å²) < 4.78 is 0. The first-order valence-electron chi connectivity index (χ1n) is 5.70. The molecule has 6 nitrogen and oxygen atoms in total. The Morgan fingerprint density at radius 3 is 2.83 bits per heavy atom. The number of urea groups is 1. The van der Waals surface area contributed by atoms with Gasteiger partial charge in [-0.3, -0.25) is 9.78 Å².